The number of fused-ring (bicyclic) bond motifs is 1. The highest BCUT2D eigenvalue weighted by molar-refractivity contribution is 5.91. The molecule has 0 saturated carbocycles. The van der Waals surface area contributed by atoms with Gasteiger partial charge in [-0.05, 0) is 44.0 Å². The van der Waals surface area contributed by atoms with E-state index in [0.29, 0.717) is 44.9 Å². The molecule has 0 unspecified atom stereocenters. The van der Waals surface area contributed by atoms with Crippen LogP contribution in [0.3, 0.4) is 0 Å². The van der Waals surface area contributed by atoms with Gasteiger partial charge in [0.15, 0.2) is 5.76 Å². The van der Waals surface area contributed by atoms with Crippen LogP contribution in [-0.2, 0) is 22.5 Å². The van der Waals surface area contributed by atoms with Crippen LogP contribution in [0.15, 0.2) is 47.1 Å². The third-order valence-electron chi connectivity index (χ3n) is 4.63. The van der Waals surface area contributed by atoms with Gasteiger partial charge in [0.1, 0.15) is 12.4 Å². The first kappa shape index (κ1) is 21.6. The van der Waals surface area contributed by atoms with Crippen molar-refractivity contribution in [3.05, 3.63) is 54.2 Å². The summed E-state index contributed by atoms with van der Waals surface area (Å²) in [4.78, 5) is 29.1. The summed E-state index contributed by atoms with van der Waals surface area (Å²) in [5.74, 6) is 0.832. The van der Waals surface area contributed by atoms with Gasteiger partial charge in [-0.15, -0.1) is 0 Å². The molecule has 2 aromatic heterocycles. The normalized spacial score (nSPS) is 11.0. The number of carbonyl (C=O) groups is 2. The smallest absolute Gasteiger partial charge is 0.286 e. The van der Waals surface area contributed by atoms with Crippen molar-refractivity contribution in [2.45, 2.75) is 32.7 Å². The fraction of sp³-hybridized carbons (Fsp3) is 0.409. The third kappa shape index (κ3) is 5.93. The number of amides is 2. The Morgan fingerprint density at radius 1 is 1.10 bits per heavy atom. The van der Waals surface area contributed by atoms with E-state index < -0.39 is 0 Å². The lowest BCUT2D eigenvalue weighted by molar-refractivity contribution is -0.121. The molecule has 2 amide bonds. The Morgan fingerprint density at radius 3 is 2.73 bits per heavy atom. The molecule has 0 atom stereocenters. The molecule has 8 nitrogen and oxygen atoms in total. The number of para-hydroxylation sites is 2. The standard InChI is InChI=1S/C22H28N4O4/c1-2-29-14-7-13-23-21(27)16-26-18-9-4-3-8-17(18)25-20(26)11-5-12-24-22(28)19-10-6-15-30-19/h3-4,6,8-10,15H,2,5,7,11-14,16H2,1H3,(H,23,27)(H,24,28). The number of hydrogen-bond donors (Lipinski definition) is 2. The lowest BCUT2D eigenvalue weighted by atomic mass is 10.3. The van der Waals surface area contributed by atoms with E-state index in [1.807, 2.05) is 35.8 Å². The van der Waals surface area contributed by atoms with Crippen LogP contribution in [-0.4, -0.2) is 47.7 Å². The summed E-state index contributed by atoms with van der Waals surface area (Å²) in [6.07, 6.45) is 3.60. The molecular formula is C22H28N4O4. The van der Waals surface area contributed by atoms with E-state index in [1.165, 1.54) is 6.26 Å². The van der Waals surface area contributed by atoms with Gasteiger partial charge in [-0.1, -0.05) is 12.1 Å². The number of nitrogens with one attached hydrogen (secondary N) is 2. The third-order valence-corrected chi connectivity index (χ3v) is 4.63. The number of hydrogen-bond acceptors (Lipinski definition) is 5. The summed E-state index contributed by atoms with van der Waals surface area (Å²) in [6.45, 7) is 4.56. The zero-order valence-electron chi connectivity index (χ0n) is 17.2. The van der Waals surface area contributed by atoms with Crippen LogP contribution >= 0.6 is 0 Å². The van der Waals surface area contributed by atoms with Crippen molar-refractivity contribution in [2.24, 2.45) is 0 Å². The van der Waals surface area contributed by atoms with Gasteiger partial charge < -0.3 is 24.4 Å². The summed E-state index contributed by atoms with van der Waals surface area (Å²) in [5, 5.41) is 5.77. The van der Waals surface area contributed by atoms with Gasteiger partial charge >= 0.3 is 0 Å². The molecule has 0 bridgehead atoms. The van der Waals surface area contributed by atoms with Crippen LogP contribution in [0.4, 0.5) is 0 Å². The molecule has 0 radical (unpaired) electrons. The molecule has 2 N–H and O–H groups in total. The monoisotopic (exact) mass is 412 g/mol. The number of benzene rings is 1. The van der Waals surface area contributed by atoms with Gasteiger partial charge in [0.05, 0.1) is 17.3 Å². The first-order valence-corrected chi connectivity index (χ1v) is 10.3. The zero-order valence-corrected chi connectivity index (χ0v) is 17.2. The second-order valence-electron chi connectivity index (χ2n) is 6.84. The van der Waals surface area contributed by atoms with E-state index in [9.17, 15) is 9.59 Å². The van der Waals surface area contributed by atoms with E-state index in [2.05, 4.69) is 15.6 Å². The predicted molar refractivity (Wildman–Crippen MR) is 113 cm³/mol. The number of rotatable bonds is 12. The fourth-order valence-corrected chi connectivity index (χ4v) is 3.18. The molecule has 2 heterocycles. The molecule has 0 aliphatic carbocycles. The predicted octanol–water partition coefficient (Wildman–Crippen LogP) is 2.53. The van der Waals surface area contributed by atoms with Crippen molar-refractivity contribution in [3.63, 3.8) is 0 Å². The Labute approximate surface area is 175 Å². The molecule has 3 aromatic rings. The van der Waals surface area contributed by atoms with Crippen LogP contribution in [0.25, 0.3) is 11.0 Å². The lowest BCUT2D eigenvalue weighted by Gasteiger charge is -2.10. The fourth-order valence-electron chi connectivity index (χ4n) is 3.18. The molecule has 30 heavy (non-hydrogen) atoms. The molecule has 160 valence electrons. The van der Waals surface area contributed by atoms with Crippen LogP contribution in [0, 0.1) is 0 Å². The van der Waals surface area contributed by atoms with Crippen LogP contribution < -0.4 is 10.6 Å². The number of ether oxygens (including phenoxy) is 1. The van der Waals surface area contributed by atoms with Crippen LogP contribution in [0.2, 0.25) is 0 Å². The highest BCUT2D eigenvalue weighted by Gasteiger charge is 2.14. The number of aryl methyl sites for hydroxylation is 1. The Balaban J connectivity index is 1.56. The van der Waals surface area contributed by atoms with Gasteiger partial charge in [0.2, 0.25) is 5.91 Å². The first-order chi connectivity index (χ1) is 14.7. The number of imidazole rings is 1. The molecular weight excluding hydrogens is 384 g/mol. The molecule has 0 saturated heterocycles. The minimum Gasteiger partial charge on any atom is -0.459 e. The minimum atomic E-state index is -0.236. The second-order valence-corrected chi connectivity index (χ2v) is 6.84. The van der Waals surface area contributed by atoms with Gasteiger partial charge in [0.25, 0.3) is 5.91 Å². The highest BCUT2D eigenvalue weighted by Crippen LogP contribution is 2.17. The van der Waals surface area contributed by atoms with E-state index in [0.717, 1.165) is 23.3 Å². The van der Waals surface area contributed by atoms with Crippen molar-refractivity contribution >= 4 is 22.8 Å². The summed E-state index contributed by atoms with van der Waals surface area (Å²) >= 11 is 0. The lowest BCUT2D eigenvalue weighted by Crippen LogP contribution is -2.29. The van der Waals surface area contributed by atoms with Gasteiger partial charge in [-0.25, -0.2) is 4.98 Å². The highest BCUT2D eigenvalue weighted by atomic mass is 16.5. The molecule has 0 aliphatic rings. The largest absolute Gasteiger partial charge is 0.459 e. The first-order valence-electron chi connectivity index (χ1n) is 10.3. The maximum absolute atomic E-state index is 12.4. The molecule has 3 rings (SSSR count). The number of furan rings is 1. The van der Waals surface area contributed by atoms with Gasteiger partial charge in [-0.2, -0.15) is 0 Å². The van der Waals surface area contributed by atoms with Gasteiger partial charge in [-0.3, -0.25) is 9.59 Å². The van der Waals surface area contributed by atoms with E-state index in [1.54, 1.807) is 12.1 Å². The quantitative estimate of drug-likeness (QED) is 0.446. The average Bonchev–Trinajstić information content (AvgIpc) is 3.40. The van der Waals surface area contributed by atoms with E-state index >= 15 is 0 Å². The number of aromatic nitrogens is 2. The van der Waals surface area contributed by atoms with Crippen molar-refractivity contribution < 1.29 is 18.7 Å². The molecule has 0 fully saturated rings. The number of nitrogens with zero attached hydrogens (tertiary/aromatic N) is 2. The second kappa shape index (κ2) is 11.2. The minimum absolute atomic E-state index is 0.0537. The zero-order chi connectivity index (χ0) is 21.2. The van der Waals surface area contributed by atoms with Crippen molar-refractivity contribution in [2.75, 3.05) is 26.3 Å². The summed E-state index contributed by atoms with van der Waals surface area (Å²) in [5.41, 5.74) is 1.79. The summed E-state index contributed by atoms with van der Waals surface area (Å²) < 4.78 is 12.3. The molecule has 0 spiro atoms. The van der Waals surface area contributed by atoms with Crippen molar-refractivity contribution in [3.8, 4) is 0 Å². The van der Waals surface area contributed by atoms with Crippen molar-refractivity contribution in [1.29, 1.82) is 0 Å². The SMILES string of the molecule is CCOCCCNC(=O)Cn1c(CCCNC(=O)c2ccco2)nc2ccccc21. The maximum atomic E-state index is 12.4. The Hall–Kier alpha value is -3.13. The summed E-state index contributed by atoms with van der Waals surface area (Å²) in [7, 11) is 0. The number of carbonyl (C=O) groups excluding carboxylic acids is 2. The molecule has 1 aromatic carbocycles. The van der Waals surface area contributed by atoms with E-state index in [-0.39, 0.29) is 18.4 Å². The Morgan fingerprint density at radius 2 is 1.93 bits per heavy atom. The Bertz CT molecular complexity index is 949. The molecule has 8 heteroatoms. The van der Waals surface area contributed by atoms with Gasteiger partial charge in [0, 0.05) is 32.7 Å². The van der Waals surface area contributed by atoms with Crippen LogP contribution in [0.1, 0.15) is 36.1 Å². The molecule has 0 aliphatic heterocycles. The topological polar surface area (TPSA) is 98.4 Å². The van der Waals surface area contributed by atoms with E-state index in [4.69, 9.17) is 9.15 Å². The summed E-state index contributed by atoms with van der Waals surface area (Å²) in [6, 6.07) is 11.1. The Kier molecular flexibility index (Phi) is 8.02. The van der Waals surface area contributed by atoms with Crippen LogP contribution in [0.5, 0.6) is 0 Å². The maximum Gasteiger partial charge on any atom is 0.286 e. The van der Waals surface area contributed by atoms with Crippen molar-refractivity contribution in [1.82, 2.24) is 20.2 Å². The average molecular weight is 412 g/mol.